The highest BCUT2D eigenvalue weighted by Gasteiger charge is 2.23. The van der Waals surface area contributed by atoms with Crippen LogP contribution in [0.4, 0.5) is 0 Å². The van der Waals surface area contributed by atoms with Crippen LogP contribution in [0.25, 0.3) is 0 Å². The van der Waals surface area contributed by atoms with E-state index in [1.807, 2.05) is 18.3 Å². The van der Waals surface area contributed by atoms with Crippen molar-refractivity contribution >= 4 is 9.84 Å². The summed E-state index contributed by atoms with van der Waals surface area (Å²) in [6.45, 7) is 5.05. The van der Waals surface area contributed by atoms with Crippen LogP contribution in [0.15, 0.2) is 35.4 Å². The molecule has 23 heavy (non-hydrogen) atoms. The summed E-state index contributed by atoms with van der Waals surface area (Å²) in [5.74, 6) is 0.501. The summed E-state index contributed by atoms with van der Waals surface area (Å²) in [7, 11) is -3.12. The van der Waals surface area contributed by atoms with E-state index < -0.39 is 9.84 Å². The van der Waals surface area contributed by atoms with Crippen molar-refractivity contribution in [2.24, 2.45) is 0 Å². The molecule has 5 nitrogen and oxygen atoms in total. The third kappa shape index (κ3) is 3.82. The smallest absolute Gasteiger partial charge is 0.175 e. The fourth-order valence-electron chi connectivity index (χ4n) is 3.30. The van der Waals surface area contributed by atoms with Crippen molar-refractivity contribution in [1.29, 1.82) is 0 Å². The Kier molecular flexibility index (Phi) is 4.55. The number of hydrogen-bond acceptors (Lipinski definition) is 4. The summed E-state index contributed by atoms with van der Waals surface area (Å²) >= 11 is 0. The highest BCUT2D eigenvalue weighted by atomic mass is 32.2. The predicted octanol–water partition coefficient (Wildman–Crippen LogP) is 2.50. The average molecular weight is 333 g/mol. The summed E-state index contributed by atoms with van der Waals surface area (Å²) in [5, 5.41) is 7.28. The van der Waals surface area contributed by atoms with Gasteiger partial charge in [-0.25, -0.2) is 8.42 Å². The highest BCUT2D eigenvalue weighted by Crippen LogP contribution is 2.28. The molecule has 2 aromatic rings. The number of H-pyrrole nitrogens is 1. The van der Waals surface area contributed by atoms with Crippen LogP contribution < -0.4 is 0 Å². The summed E-state index contributed by atoms with van der Waals surface area (Å²) in [5.41, 5.74) is 3.64. The topological polar surface area (TPSA) is 66.1 Å². The second-order valence-corrected chi connectivity index (χ2v) is 8.47. The van der Waals surface area contributed by atoms with Gasteiger partial charge in [-0.1, -0.05) is 12.1 Å². The fraction of sp³-hybridized carbons (Fsp3) is 0.471. The van der Waals surface area contributed by atoms with Crippen LogP contribution in [0, 0.1) is 6.92 Å². The largest absolute Gasteiger partial charge is 0.298 e. The van der Waals surface area contributed by atoms with E-state index in [0.717, 1.165) is 25.2 Å². The number of likely N-dealkylation sites (tertiary alicyclic amines) is 1. The SMILES string of the molecule is Cc1cn[nH]c1[C@@H]1CCCN(Cc2ccc(S(C)(=O)=O)cc2)C1. The second-order valence-electron chi connectivity index (χ2n) is 6.46. The van der Waals surface area contributed by atoms with E-state index in [9.17, 15) is 8.42 Å². The van der Waals surface area contributed by atoms with E-state index in [1.54, 1.807) is 12.1 Å². The number of aromatic amines is 1. The predicted molar refractivity (Wildman–Crippen MR) is 90.1 cm³/mol. The Balaban J connectivity index is 1.67. The van der Waals surface area contributed by atoms with Gasteiger partial charge in [-0.15, -0.1) is 0 Å². The highest BCUT2D eigenvalue weighted by molar-refractivity contribution is 7.90. The lowest BCUT2D eigenvalue weighted by Crippen LogP contribution is -2.34. The Labute approximate surface area is 137 Å². The zero-order valence-corrected chi connectivity index (χ0v) is 14.4. The first kappa shape index (κ1) is 16.2. The van der Waals surface area contributed by atoms with Crippen LogP contribution >= 0.6 is 0 Å². The van der Waals surface area contributed by atoms with E-state index in [-0.39, 0.29) is 0 Å². The van der Waals surface area contributed by atoms with Gasteiger partial charge in [0.1, 0.15) is 0 Å². The average Bonchev–Trinajstić information content (AvgIpc) is 2.93. The maximum atomic E-state index is 11.5. The Bertz CT molecular complexity index is 765. The molecule has 1 aliphatic heterocycles. The van der Waals surface area contributed by atoms with Crippen LogP contribution in [0.3, 0.4) is 0 Å². The van der Waals surface area contributed by atoms with Crippen LogP contribution in [0.5, 0.6) is 0 Å². The molecule has 0 saturated carbocycles. The molecule has 1 aliphatic rings. The molecule has 124 valence electrons. The summed E-state index contributed by atoms with van der Waals surface area (Å²) < 4.78 is 23.0. The number of rotatable bonds is 4. The Hall–Kier alpha value is -1.66. The molecule has 0 unspecified atom stereocenters. The van der Waals surface area contributed by atoms with E-state index in [2.05, 4.69) is 22.0 Å². The van der Waals surface area contributed by atoms with Gasteiger partial charge < -0.3 is 0 Å². The first-order chi connectivity index (χ1) is 10.9. The summed E-state index contributed by atoms with van der Waals surface area (Å²) in [4.78, 5) is 2.81. The van der Waals surface area contributed by atoms with Gasteiger partial charge in [0.05, 0.1) is 11.1 Å². The normalized spacial score (nSPS) is 19.8. The van der Waals surface area contributed by atoms with Crippen LogP contribution in [-0.2, 0) is 16.4 Å². The number of aryl methyl sites for hydroxylation is 1. The standard InChI is InChI=1S/C17H23N3O2S/c1-13-10-18-19-17(13)15-4-3-9-20(12-15)11-14-5-7-16(8-6-14)23(2,21)22/h5-8,10,15H,3-4,9,11-12H2,1-2H3,(H,18,19)/t15-/m1/s1. The van der Waals surface area contributed by atoms with E-state index in [1.165, 1.54) is 30.4 Å². The van der Waals surface area contributed by atoms with Gasteiger partial charge in [-0.2, -0.15) is 5.10 Å². The van der Waals surface area contributed by atoms with E-state index in [0.29, 0.717) is 10.8 Å². The van der Waals surface area contributed by atoms with Crippen LogP contribution in [0.1, 0.15) is 35.6 Å². The number of aromatic nitrogens is 2. The number of nitrogens with zero attached hydrogens (tertiary/aromatic N) is 2. The van der Waals surface area contributed by atoms with E-state index in [4.69, 9.17) is 0 Å². The number of sulfone groups is 1. The van der Waals surface area contributed by atoms with Crippen molar-refractivity contribution in [2.45, 2.75) is 37.1 Å². The minimum atomic E-state index is -3.12. The van der Waals surface area contributed by atoms with Gasteiger partial charge >= 0.3 is 0 Å². The molecule has 1 aromatic carbocycles. The van der Waals surface area contributed by atoms with E-state index >= 15 is 0 Å². The maximum Gasteiger partial charge on any atom is 0.175 e. The first-order valence-corrected chi connectivity index (χ1v) is 9.84. The third-order valence-corrected chi connectivity index (χ3v) is 5.67. The lowest BCUT2D eigenvalue weighted by Gasteiger charge is -2.32. The van der Waals surface area contributed by atoms with Crippen molar-refractivity contribution in [3.8, 4) is 0 Å². The van der Waals surface area contributed by atoms with Crippen molar-refractivity contribution in [3.63, 3.8) is 0 Å². The van der Waals surface area contributed by atoms with Crippen LogP contribution in [-0.4, -0.2) is 42.9 Å². The fourth-order valence-corrected chi connectivity index (χ4v) is 3.94. The lowest BCUT2D eigenvalue weighted by molar-refractivity contribution is 0.198. The first-order valence-electron chi connectivity index (χ1n) is 7.94. The van der Waals surface area contributed by atoms with Gasteiger partial charge in [0.25, 0.3) is 0 Å². The van der Waals surface area contributed by atoms with Crippen molar-refractivity contribution in [3.05, 3.63) is 47.3 Å². The molecule has 2 heterocycles. The van der Waals surface area contributed by atoms with Crippen LogP contribution in [0.2, 0.25) is 0 Å². The molecule has 1 aromatic heterocycles. The van der Waals surface area contributed by atoms with Gasteiger partial charge in [-0.3, -0.25) is 10.00 Å². The zero-order valence-electron chi connectivity index (χ0n) is 13.6. The minimum Gasteiger partial charge on any atom is -0.298 e. The molecule has 0 spiro atoms. The molecule has 1 N–H and O–H groups in total. The minimum absolute atomic E-state index is 0.380. The molecular formula is C17H23N3O2S. The number of benzene rings is 1. The molecule has 1 saturated heterocycles. The Morgan fingerprint density at radius 2 is 2.04 bits per heavy atom. The van der Waals surface area contributed by atoms with Crippen molar-refractivity contribution in [2.75, 3.05) is 19.3 Å². The molecule has 1 atom stereocenters. The summed E-state index contributed by atoms with van der Waals surface area (Å²) in [6.07, 6.45) is 5.49. The molecule has 0 bridgehead atoms. The monoisotopic (exact) mass is 333 g/mol. The Morgan fingerprint density at radius 3 is 2.65 bits per heavy atom. The second kappa shape index (κ2) is 6.45. The molecule has 0 aliphatic carbocycles. The number of piperidine rings is 1. The molecule has 0 radical (unpaired) electrons. The number of nitrogens with one attached hydrogen (secondary N) is 1. The molecule has 0 amide bonds. The lowest BCUT2D eigenvalue weighted by atomic mass is 9.92. The zero-order chi connectivity index (χ0) is 16.4. The molecule has 6 heteroatoms. The molecule has 3 rings (SSSR count). The van der Waals surface area contributed by atoms with Gasteiger partial charge in [0.2, 0.25) is 0 Å². The molecular weight excluding hydrogens is 310 g/mol. The third-order valence-electron chi connectivity index (χ3n) is 4.54. The molecule has 1 fully saturated rings. The van der Waals surface area contributed by atoms with Crippen molar-refractivity contribution < 1.29 is 8.42 Å². The number of hydrogen-bond donors (Lipinski definition) is 1. The van der Waals surface area contributed by atoms with Crippen molar-refractivity contribution in [1.82, 2.24) is 15.1 Å². The quantitative estimate of drug-likeness (QED) is 0.933. The summed E-state index contributed by atoms with van der Waals surface area (Å²) in [6, 6.07) is 7.24. The van der Waals surface area contributed by atoms with Gasteiger partial charge in [0, 0.05) is 31.0 Å². The maximum absolute atomic E-state index is 11.5. The van der Waals surface area contributed by atoms with Gasteiger partial charge in [-0.05, 0) is 49.6 Å². The Morgan fingerprint density at radius 1 is 1.30 bits per heavy atom. The van der Waals surface area contributed by atoms with Gasteiger partial charge in [0.15, 0.2) is 9.84 Å².